The van der Waals surface area contributed by atoms with Crippen LogP contribution < -0.4 is 10.2 Å². The molecule has 1 amide bonds. The Kier molecular flexibility index (Phi) is 7.64. The second-order valence-corrected chi connectivity index (χ2v) is 8.87. The predicted molar refractivity (Wildman–Crippen MR) is 108 cm³/mol. The van der Waals surface area contributed by atoms with Gasteiger partial charge in [-0.05, 0) is 31.0 Å². The van der Waals surface area contributed by atoms with Gasteiger partial charge in [-0.25, -0.2) is 8.42 Å². The van der Waals surface area contributed by atoms with Crippen LogP contribution in [0, 0.1) is 0 Å². The molecule has 0 unspecified atom stereocenters. The summed E-state index contributed by atoms with van der Waals surface area (Å²) in [5, 5.41) is 2.81. The Balaban J connectivity index is 2.20. The maximum absolute atomic E-state index is 12.8. The van der Waals surface area contributed by atoms with Crippen molar-refractivity contribution in [2.45, 2.75) is 50.5 Å². The molecule has 152 valence electrons. The fraction of sp³-hybridized carbons (Fsp3) is 0.632. The molecule has 1 aromatic carbocycles. The van der Waals surface area contributed by atoms with Crippen LogP contribution in [0.2, 0.25) is 0 Å². The van der Waals surface area contributed by atoms with Gasteiger partial charge in [0.1, 0.15) is 6.61 Å². The zero-order valence-electron chi connectivity index (χ0n) is 16.7. The fourth-order valence-corrected chi connectivity index (χ4v) is 4.80. The van der Waals surface area contributed by atoms with E-state index in [1.165, 1.54) is 10.4 Å². The van der Waals surface area contributed by atoms with E-state index in [1.807, 2.05) is 19.0 Å². The number of carbonyl (C=O) groups excluding carboxylic acids is 1. The van der Waals surface area contributed by atoms with Crippen LogP contribution in [0.4, 0.5) is 11.4 Å². The molecule has 1 N–H and O–H groups in total. The molecule has 0 atom stereocenters. The standard InChI is InChI=1S/C19H31N3O4S/c1-5-22(6-2)27(24,25)16-11-12-18(21(3)4)17(13-16)20-19(23)14-26-15-9-7-8-10-15/h11-13,15H,5-10,14H2,1-4H3,(H,20,23). The van der Waals surface area contributed by atoms with E-state index in [0.29, 0.717) is 18.8 Å². The lowest BCUT2D eigenvalue weighted by atomic mass is 10.2. The van der Waals surface area contributed by atoms with Gasteiger partial charge in [0.25, 0.3) is 0 Å². The van der Waals surface area contributed by atoms with Crippen molar-refractivity contribution in [1.29, 1.82) is 0 Å². The van der Waals surface area contributed by atoms with Crippen LogP contribution >= 0.6 is 0 Å². The van der Waals surface area contributed by atoms with Gasteiger partial charge >= 0.3 is 0 Å². The third kappa shape index (κ3) is 5.43. The van der Waals surface area contributed by atoms with Crippen molar-refractivity contribution in [2.75, 3.05) is 44.0 Å². The molecule has 0 spiro atoms. The Morgan fingerprint density at radius 1 is 1.19 bits per heavy atom. The zero-order chi connectivity index (χ0) is 20.0. The van der Waals surface area contributed by atoms with Gasteiger partial charge in [0.2, 0.25) is 15.9 Å². The smallest absolute Gasteiger partial charge is 0.250 e. The van der Waals surface area contributed by atoms with Crippen molar-refractivity contribution >= 4 is 27.3 Å². The minimum absolute atomic E-state index is 0.0233. The molecule has 1 aliphatic rings. The quantitative estimate of drug-likeness (QED) is 0.693. The number of carbonyl (C=O) groups is 1. The maximum atomic E-state index is 12.8. The summed E-state index contributed by atoms with van der Waals surface area (Å²) in [5.74, 6) is -0.276. The number of nitrogens with zero attached hydrogens (tertiary/aromatic N) is 2. The number of amides is 1. The number of nitrogens with one attached hydrogen (secondary N) is 1. The van der Waals surface area contributed by atoms with E-state index in [9.17, 15) is 13.2 Å². The maximum Gasteiger partial charge on any atom is 0.250 e. The molecule has 8 heteroatoms. The largest absolute Gasteiger partial charge is 0.376 e. The van der Waals surface area contributed by atoms with Gasteiger partial charge in [0.15, 0.2) is 0 Å². The summed E-state index contributed by atoms with van der Waals surface area (Å²) < 4.78 is 32.6. The first-order chi connectivity index (χ1) is 12.8. The van der Waals surface area contributed by atoms with Crippen molar-refractivity contribution < 1.29 is 17.9 Å². The Morgan fingerprint density at radius 3 is 2.37 bits per heavy atom. The molecule has 1 aliphatic carbocycles. The highest BCUT2D eigenvalue weighted by molar-refractivity contribution is 7.89. The molecule has 0 aromatic heterocycles. The molecule has 1 aromatic rings. The Hall–Kier alpha value is -1.64. The monoisotopic (exact) mass is 397 g/mol. The lowest BCUT2D eigenvalue weighted by Gasteiger charge is -2.22. The van der Waals surface area contributed by atoms with Crippen molar-refractivity contribution in [3.63, 3.8) is 0 Å². The first-order valence-electron chi connectivity index (χ1n) is 9.52. The molecule has 0 heterocycles. The van der Waals surface area contributed by atoms with Crippen LogP contribution in [-0.2, 0) is 19.6 Å². The summed E-state index contributed by atoms with van der Waals surface area (Å²) in [6.45, 7) is 4.37. The minimum Gasteiger partial charge on any atom is -0.376 e. The van der Waals surface area contributed by atoms with Gasteiger partial charge < -0.3 is 15.0 Å². The third-order valence-electron chi connectivity index (χ3n) is 4.82. The van der Waals surface area contributed by atoms with Crippen molar-refractivity contribution in [1.82, 2.24) is 4.31 Å². The molecule has 0 aliphatic heterocycles. The molecule has 0 saturated heterocycles. The molecule has 7 nitrogen and oxygen atoms in total. The number of rotatable bonds is 9. The summed E-state index contributed by atoms with van der Waals surface area (Å²) in [5.41, 5.74) is 1.20. The van der Waals surface area contributed by atoms with Crippen LogP contribution in [-0.4, -0.2) is 58.5 Å². The van der Waals surface area contributed by atoms with Gasteiger partial charge in [-0.15, -0.1) is 0 Å². The van der Waals surface area contributed by atoms with E-state index in [4.69, 9.17) is 4.74 Å². The van der Waals surface area contributed by atoms with E-state index >= 15 is 0 Å². The molecule has 1 fully saturated rings. The summed E-state index contributed by atoms with van der Waals surface area (Å²) in [4.78, 5) is 14.3. The van der Waals surface area contributed by atoms with Crippen LogP contribution in [0.3, 0.4) is 0 Å². The van der Waals surface area contributed by atoms with E-state index in [1.54, 1.807) is 26.0 Å². The Morgan fingerprint density at radius 2 is 1.81 bits per heavy atom. The van der Waals surface area contributed by atoms with Gasteiger partial charge in [0.05, 0.1) is 22.4 Å². The highest BCUT2D eigenvalue weighted by Gasteiger charge is 2.23. The van der Waals surface area contributed by atoms with Crippen LogP contribution in [0.1, 0.15) is 39.5 Å². The van der Waals surface area contributed by atoms with E-state index in [2.05, 4.69) is 5.32 Å². The Labute approximate surface area is 162 Å². The molecule has 27 heavy (non-hydrogen) atoms. The first-order valence-corrected chi connectivity index (χ1v) is 11.0. The first kappa shape index (κ1) is 21.7. The second-order valence-electron chi connectivity index (χ2n) is 6.93. The number of ether oxygens (including phenoxy) is 1. The normalized spacial score (nSPS) is 15.3. The summed E-state index contributed by atoms with van der Waals surface area (Å²) in [6.07, 6.45) is 4.42. The molecular weight excluding hydrogens is 366 g/mol. The van der Waals surface area contributed by atoms with Crippen molar-refractivity contribution in [2.24, 2.45) is 0 Å². The summed E-state index contributed by atoms with van der Waals surface area (Å²) in [6, 6.07) is 4.81. The molecular formula is C19H31N3O4S. The van der Waals surface area contributed by atoms with Gasteiger partial charge in [-0.3, -0.25) is 4.79 Å². The highest BCUT2D eigenvalue weighted by Crippen LogP contribution is 2.29. The molecule has 0 bridgehead atoms. The zero-order valence-corrected chi connectivity index (χ0v) is 17.5. The minimum atomic E-state index is -3.60. The van der Waals surface area contributed by atoms with Crippen LogP contribution in [0.15, 0.2) is 23.1 Å². The fourth-order valence-electron chi connectivity index (χ4n) is 3.31. The van der Waals surface area contributed by atoms with E-state index in [-0.39, 0.29) is 23.5 Å². The van der Waals surface area contributed by atoms with Crippen LogP contribution in [0.25, 0.3) is 0 Å². The van der Waals surface area contributed by atoms with E-state index < -0.39 is 10.0 Å². The highest BCUT2D eigenvalue weighted by atomic mass is 32.2. The van der Waals surface area contributed by atoms with Gasteiger partial charge in [-0.2, -0.15) is 4.31 Å². The Bertz CT molecular complexity index is 739. The average molecular weight is 398 g/mol. The molecule has 2 rings (SSSR count). The van der Waals surface area contributed by atoms with Gasteiger partial charge in [-0.1, -0.05) is 26.7 Å². The SMILES string of the molecule is CCN(CC)S(=O)(=O)c1ccc(N(C)C)c(NC(=O)COC2CCCC2)c1. The lowest BCUT2D eigenvalue weighted by Crippen LogP contribution is -2.31. The number of hydrogen-bond acceptors (Lipinski definition) is 5. The number of anilines is 2. The second kappa shape index (κ2) is 9.52. The summed E-state index contributed by atoms with van der Waals surface area (Å²) in [7, 11) is 0.0966. The summed E-state index contributed by atoms with van der Waals surface area (Å²) >= 11 is 0. The lowest BCUT2D eigenvalue weighted by molar-refractivity contribution is -0.122. The van der Waals surface area contributed by atoms with Gasteiger partial charge in [0, 0.05) is 27.2 Å². The predicted octanol–water partition coefficient (Wildman–Crippen LogP) is 2.68. The molecule has 0 radical (unpaired) electrons. The van der Waals surface area contributed by atoms with Crippen molar-refractivity contribution in [3.8, 4) is 0 Å². The average Bonchev–Trinajstić information content (AvgIpc) is 3.14. The van der Waals surface area contributed by atoms with Crippen molar-refractivity contribution in [3.05, 3.63) is 18.2 Å². The van der Waals surface area contributed by atoms with E-state index in [0.717, 1.165) is 31.4 Å². The number of benzene rings is 1. The van der Waals surface area contributed by atoms with Crippen LogP contribution in [0.5, 0.6) is 0 Å². The number of hydrogen-bond donors (Lipinski definition) is 1. The topological polar surface area (TPSA) is 79.0 Å². The number of sulfonamides is 1. The molecule has 1 saturated carbocycles. The third-order valence-corrected chi connectivity index (χ3v) is 6.87.